The van der Waals surface area contributed by atoms with Crippen LogP contribution < -0.4 is 0 Å². The van der Waals surface area contributed by atoms with E-state index in [-0.39, 0.29) is 6.10 Å². The van der Waals surface area contributed by atoms with Gasteiger partial charge in [0.15, 0.2) is 0 Å². The maximum absolute atomic E-state index is 9.94. The van der Waals surface area contributed by atoms with Crippen molar-refractivity contribution in [3.8, 4) is 11.5 Å². The summed E-state index contributed by atoms with van der Waals surface area (Å²) in [6.45, 7) is 4.93. The number of hydrogen-bond acceptors (Lipinski definition) is 6. The zero-order valence-electron chi connectivity index (χ0n) is 12.7. The molecule has 1 aliphatic carbocycles. The molecule has 0 aliphatic heterocycles. The van der Waals surface area contributed by atoms with Crippen LogP contribution in [-0.2, 0) is 6.54 Å². The van der Waals surface area contributed by atoms with Gasteiger partial charge in [0, 0.05) is 6.54 Å². The van der Waals surface area contributed by atoms with Crippen molar-refractivity contribution in [3.05, 3.63) is 23.5 Å². The minimum atomic E-state index is -0.254. The standard InChI is InChI=1S/C15H21N3O3/c1-9-6-12(10(2)20-9)15-17-16-14(21-15)8-18(3)7-13(19)11-4-5-11/h6,11,13,19H,4-5,7-8H2,1-3H3. The van der Waals surface area contributed by atoms with Crippen LogP contribution in [0.4, 0.5) is 0 Å². The van der Waals surface area contributed by atoms with Crippen LogP contribution in [-0.4, -0.2) is 39.9 Å². The highest BCUT2D eigenvalue weighted by atomic mass is 16.4. The van der Waals surface area contributed by atoms with Crippen molar-refractivity contribution in [1.29, 1.82) is 0 Å². The molecule has 1 unspecified atom stereocenters. The molecule has 1 saturated carbocycles. The van der Waals surface area contributed by atoms with Gasteiger partial charge in [0.05, 0.1) is 18.2 Å². The van der Waals surface area contributed by atoms with Crippen LogP contribution in [0.15, 0.2) is 14.9 Å². The van der Waals surface area contributed by atoms with Gasteiger partial charge in [-0.3, -0.25) is 4.90 Å². The zero-order chi connectivity index (χ0) is 15.0. The first-order valence-electron chi connectivity index (χ1n) is 7.29. The number of aromatic nitrogens is 2. The summed E-state index contributed by atoms with van der Waals surface area (Å²) in [7, 11) is 1.95. The van der Waals surface area contributed by atoms with Gasteiger partial charge < -0.3 is 13.9 Å². The number of aliphatic hydroxyl groups excluding tert-OH is 1. The maximum atomic E-state index is 9.94. The van der Waals surface area contributed by atoms with Crippen molar-refractivity contribution in [1.82, 2.24) is 15.1 Å². The van der Waals surface area contributed by atoms with Gasteiger partial charge in [0.1, 0.15) is 11.5 Å². The first-order chi connectivity index (χ1) is 10.0. The average molecular weight is 291 g/mol. The fourth-order valence-corrected chi connectivity index (χ4v) is 2.51. The number of aryl methyl sites for hydroxylation is 2. The summed E-state index contributed by atoms with van der Waals surface area (Å²) in [6, 6.07) is 1.90. The predicted octanol–water partition coefficient (Wildman–Crippen LogP) is 2.15. The summed E-state index contributed by atoms with van der Waals surface area (Å²) < 4.78 is 11.2. The molecule has 1 atom stereocenters. The fourth-order valence-electron chi connectivity index (χ4n) is 2.51. The molecule has 0 radical (unpaired) electrons. The molecule has 114 valence electrons. The van der Waals surface area contributed by atoms with Gasteiger partial charge in [-0.1, -0.05) is 0 Å². The third-order valence-corrected chi connectivity index (χ3v) is 3.81. The van der Waals surface area contributed by atoms with Crippen LogP contribution in [0.3, 0.4) is 0 Å². The van der Waals surface area contributed by atoms with E-state index in [1.807, 2.05) is 31.9 Å². The highest BCUT2D eigenvalue weighted by molar-refractivity contribution is 5.55. The first-order valence-corrected chi connectivity index (χ1v) is 7.29. The summed E-state index contributed by atoms with van der Waals surface area (Å²) in [4.78, 5) is 2.01. The van der Waals surface area contributed by atoms with E-state index in [0.717, 1.165) is 29.9 Å². The van der Waals surface area contributed by atoms with E-state index in [2.05, 4.69) is 10.2 Å². The van der Waals surface area contributed by atoms with Crippen molar-refractivity contribution in [2.75, 3.05) is 13.6 Å². The summed E-state index contributed by atoms with van der Waals surface area (Å²) in [5, 5.41) is 18.1. The number of rotatable bonds is 6. The van der Waals surface area contributed by atoms with E-state index < -0.39 is 0 Å². The SMILES string of the molecule is Cc1cc(-c2nnc(CN(C)CC(O)C3CC3)o2)c(C)o1. The third-order valence-electron chi connectivity index (χ3n) is 3.81. The lowest BCUT2D eigenvalue weighted by Crippen LogP contribution is -2.30. The predicted molar refractivity (Wildman–Crippen MR) is 76.5 cm³/mol. The summed E-state index contributed by atoms with van der Waals surface area (Å²) >= 11 is 0. The summed E-state index contributed by atoms with van der Waals surface area (Å²) in [5.74, 6) is 3.11. The molecular weight excluding hydrogens is 270 g/mol. The van der Waals surface area contributed by atoms with Crippen molar-refractivity contribution in [2.24, 2.45) is 5.92 Å². The Bertz CT molecular complexity index is 615. The van der Waals surface area contributed by atoms with E-state index in [4.69, 9.17) is 8.83 Å². The van der Waals surface area contributed by atoms with Crippen LogP contribution >= 0.6 is 0 Å². The molecule has 2 heterocycles. The topological polar surface area (TPSA) is 75.5 Å². The van der Waals surface area contributed by atoms with Gasteiger partial charge in [-0.05, 0) is 45.7 Å². The van der Waals surface area contributed by atoms with Crippen molar-refractivity contribution < 1.29 is 13.9 Å². The average Bonchev–Trinajstić information content (AvgIpc) is 3.08. The summed E-state index contributed by atoms with van der Waals surface area (Å²) in [5.41, 5.74) is 0.840. The molecule has 2 aromatic rings. The van der Waals surface area contributed by atoms with Crippen LogP contribution in [0.25, 0.3) is 11.5 Å². The molecule has 0 aromatic carbocycles. The Labute approximate surface area is 123 Å². The molecule has 2 aromatic heterocycles. The lowest BCUT2D eigenvalue weighted by Gasteiger charge is -2.18. The monoisotopic (exact) mass is 291 g/mol. The Morgan fingerprint density at radius 1 is 1.33 bits per heavy atom. The van der Waals surface area contributed by atoms with Crippen molar-refractivity contribution >= 4 is 0 Å². The molecule has 0 amide bonds. The molecule has 21 heavy (non-hydrogen) atoms. The Hall–Kier alpha value is -1.66. The van der Waals surface area contributed by atoms with Crippen LogP contribution in [0.1, 0.15) is 30.3 Å². The molecule has 1 fully saturated rings. The lowest BCUT2D eigenvalue weighted by atomic mass is 10.2. The number of aliphatic hydroxyl groups is 1. The number of nitrogens with zero attached hydrogens (tertiary/aromatic N) is 3. The highest BCUT2D eigenvalue weighted by Crippen LogP contribution is 2.33. The fraction of sp³-hybridized carbons (Fsp3) is 0.600. The first kappa shape index (κ1) is 14.3. The second-order valence-electron chi connectivity index (χ2n) is 5.93. The Morgan fingerprint density at radius 2 is 2.10 bits per heavy atom. The minimum Gasteiger partial charge on any atom is -0.466 e. The normalized spacial score (nSPS) is 16.6. The quantitative estimate of drug-likeness (QED) is 0.879. The molecule has 1 N–H and O–H groups in total. The van der Waals surface area contributed by atoms with Gasteiger partial charge in [0.2, 0.25) is 5.89 Å². The van der Waals surface area contributed by atoms with E-state index >= 15 is 0 Å². The number of hydrogen-bond donors (Lipinski definition) is 1. The van der Waals surface area contributed by atoms with Crippen molar-refractivity contribution in [2.45, 2.75) is 39.3 Å². The Balaban J connectivity index is 1.63. The Kier molecular flexibility index (Phi) is 3.82. The van der Waals surface area contributed by atoms with Gasteiger partial charge in [0.25, 0.3) is 5.89 Å². The highest BCUT2D eigenvalue weighted by Gasteiger charge is 2.30. The van der Waals surface area contributed by atoms with Gasteiger partial charge >= 0.3 is 0 Å². The largest absolute Gasteiger partial charge is 0.466 e. The molecule has 6 nitrogen and oxygen atoms in total. The van der Waals surface area contributed by atoms with E-state index in [9.17, 15) is 5.11 Å². The van der Waals surface area contributed by atoms with E-state index in [1.54, 1.807) is 0 Å². The molecule has 0 bridgehead atoms. The van der Waals surface area contributed by atoms with Crippen LogP contribution in [0.5, 0.6) is 0 Å². The molecule has 6 heteroatoms. The maximum Gasteiger partial charge on any atom is 0.251 e. The molecule has 0 saturated heterocycles. The summed E-state index contributed by atoms with van der Waals surface area (Å²) in [6.07, 6.45) is 2.02. The van der Waals surface area contributed by atoms with Crippen LogP contribution in [0, 0.1) is 19.8 Å². The van der Waals surface area contributed by atoms with Gasteiger partial charge in [-0.2, -0.15) is 0 Å². The zero-order valence-corrected chi connectivity index (χ0v) is 12.7. The van der Waals surface area contributed by atoms with Crippen molar-refractivity contribution in [3.63, 3.8) is 0 Å². The Morgan fingerprint density at radius 3 is 2.71 bits per heavy atom. The minimum absolute atomic E-state index is 0.254. The van der Waals surface area contributed by atoms with E-state index in [0.29, 0.717) is 30.8 Å². The molecule has 1 aliphatic rings. The van der Waals surface area contributed by atoms with Gasteiger partial charge in [-0.15, -0.1) is 10.2 Å². The van der Waals surface area contributed by atoms with Crippen LogP contribution in [0.2, 0.25) is 0 Å². The number of likely N-dealkylation sites (N-methyl/N-ethyl adjacent to an activating group) is 1. The number of furan rings is 1. The smallest absolute Gasteiger partial charge is 0.251 e. The van der Waals surface area contributed by atoms with E-state index in [1.165, 1.54) is 0 Å². The molecule has 0 spiro atoms. The lowest BCUT2D eigenvalue weighted by molar-refractivity contribution is 0.100. The van der Waals surface area contributed by atoms with Gasteiger partial charge in [-0.25, -0.2) is 0 Å². The molecule has 3 rings (SSSR count). The second kappa shape index (κ2) is 5.61. The third kappa shape index (κ3) is 3.33. The molecular formula is C15H21N3O3. The second-order valence-corrected chi connectivity index (χ2v) is 5.93.